The normalized spacial score (nSPS) is 14.4. The molecular weight excluding hydrogens is 230 g/mol. The van der Waals surface area contributed by atoms with Crippen LogP contribution in [0.1, 0.15) is 38.8 Å². The van der Waals surface area contributed by atoms with Crippen molar-refractivity contribution in [2.45, 2.75) is 52.1 Å². The molecule has 0 saturated carbocycles. The van der Waals surface area contributed by atoms with E-state index in [0.29, 0.717) is 19.4 Å². The number of hydrogen-bond donors (Lipinski definition) is 2. The highest BCUT2D eigenvalue weighted by molar-refractivity contribution is 5.78. The Morgan fingerprint density at radius 2 is 2.28 bits per heavy atom. The predicted octanol–water partition coefficient (Wildman–Crippen LogP) is 1.81. The maximum Gasteiger partial charge on any atom is 0.323 e. The van der Waals surface area contributed by atoms with Gasteiger partial charge in [0, 0.05) is 12.7 Å². The van der Waals surface area contributed by atoms with Gasteiger partial charge in [-0.05, 0) is 38.8 Å². The van der Waals surface area contributed by atoms with Gasteiger partial charge in [0.25, 0.3) is 0 Å². The second kappa shape index (κ2) is 6.54. The number of nitrogens with zero attached hydrogens (tertiary/aromatic N) is 2. The Morgan fingerprint density at radius 3 is 2.72 bits per heavy atom. The lowest BCUT2D eigenvalue weighted by Crippen LogP contribution is -2.51. The van der Waals surface area contributed by atoms with Crippen LogP contribution in [-0.4, -0.2) is 32.9 Å². The van der Waals surface area contributed by atoms with Crippen LogP contribution < -0.4 is 5.32 Å². The van der Waals surface area contributed by atoms with Crippen LogP contribution in [0.2, 0.25) is 0 Å². The highest BCUT2D eigenvalue weighted by atomic mass is 16.4. The molecule has 0 aromatic carbocycles. The molecule has 1 atom stereocenters. The molecule has 0 saturated heterocycles. The molecule has 1 heterocycles. The second-order valence-electron chi connectivity index (χ2n) is 4.59. The number of hydrogen-bond acceptors (Lipinski definition) is 3. The van der Waals surface area contributed by atoms with Crippen molar-refractivity contribution in [3.05, 3.63) is 18.0 Å². The number of rotatable bonds is 8. The summed E-state index contributed by atoms with van der Waals surface area (Å²) < 4.78 is 1.86. The van der Waals surface area contributed by atoms with E-state index in [1.807, 2.05) is 37.7 Å². The maximum atomic E-state index is 11.4. The Kier molecular flexibility index (Phi) is 5.34. The molecule has 0 bridgehead atoms. The molecule has 0 aliphatic carbocycles. The van der Waals surface area contributed by atoms with Crippen LogP contribution in [0, 0.1) is 6.92 Å². The number of aliphatic carboxylic acids is 1. The van der Waals surface area contributed by atoms with Crippen LogP contribution in [0.3, 0.4) is 0 Å². The molecule has 2 N–H and O–H groups in total. The Bertz CT molecular complexity index is 389. The topological polar surface area (TPSA) is 67.2 Å². The van der Waals surface area contributed by atoms with Crippen molar-refractivity contribution >= 4 is 5.97 Å². The van der Waals surface area contributed by atoms with Crippen molar-refractivity contribution in [3.8, 4) is 0 Å². The minimum absolute atomic E-state index is 0.592. The number of carboxylic acids is 1. The molecule has 1 rings (SSSR count). The van der Waals surface area contributed by atoms with Gasteiger partial charge in [-0.15, -0.1) is 0 Å². The first-order valence-corrected chi connectivity index (χ1v) is 6.52. The molecule has 102 valence electrons. The van der Waals surface area contributed by atoms with Gasteiger partial charge in [-0.3, -0.25) is 9.48 Å². The van der Waals surface area contributed by atoms with E-state index in [-0.39, 0.29) is 0 Å². The van der Waals surface area contributed by atoms with Gasteiger partial charge >= 0.3 is 5.97 Å². The summed E-state index contributed by atoms with van der Waals surface area (Å²) in [6.07, 6.45) is 3.94. The van der Waals surface area contributed by atoms with Gasteiger partial charge in [-0.25, -0.2) is 0 Å². The molecule has 1 aromatic rings. The van der Waals surface area contributed by atoms with Crippen LogP contribution in [0.15, 0.2) is 12.3 Å². The summed E-state index contributed by atoms with van der Waals surface area (Å²) in [5.41, 5.74) is 0.193. The maximum absolute atomic E-state index is 11.4. The lowest BCUT2D eigenvalue weighted by Gasteiger charge is -2.29. The highest BCUT2D eigenvalue weighted by Crippen LogP contribution is 2.18. The van der Waals surface area contributed by atoms with Crippen molar-refractivity contribution in [1.29, 1.82) is 0 Å². The summed E-state index contributed by atoms with van der Waals surface area (Å²) >= 11 is 0. The monoisotopic (exact) mass is 253 g/mol. The minimum Gasteiger partial charge on any atom is -0.480 e. The Labute approximate surface area is 108 Å². The molecule has 0 spiro atoms. The summed E-state index contributed by atoms with van der Waals surface area (Å²) in [5.74, 6) is -0.761. The molecule has 5 heteroatoms. The van der Waals surface area contributed by atoms with Gasteiger partial charge in [-0.1, -0.05) is 13.8 Å². The van der Waals surface area contributed by atoms with Crippen molar-refractivity contribution in [2.75, 3.05) is 6.54 Å². The van der Waals surface area contributed by atoms with Crippen molar-refractivity contribution in [2.24, 2.45) is 0 Å². The third-order valence-electron chi connectivity index (χ3n) is 3.29. The quantitative estimate of drug-likeness (QED) is 0.741. The fraction of sp³-hybridized carbons (Fsp3) is 0.692. The molecule has 5 nitrogen and oxygen atoms in total. The van der Waals surface area contributed by atoms with Crippen molar-refractivity contribution < 1.29 is 9.90 Å². The van der Waals surface area contributed by atoms with E-state index in [0.717, 1.165) is 18.7 Å². The van der Waals surface area contributed by atoms with E-state index in [1.54, 1.807) is 0 Å². The first kappa shape index (κ1) is 14.7. The first-order valence-electron chi connectivity index (χ1n) is 6.52. The summed E-state index contributed by atoms with van der Waals surface area (Å²) in [7, 11) is 0. The number of aromatic nitrogens is 2. The summed E-state index contributed by atoms with van der Waals surface area (Å²) in [6.45, 7) is 7.22. The van der Waals surface area contributed by atoms with Gasteiger partial charge in [0.1, 0.15) is 5.54 Å². The highest BCUT2D eigenvalue weighted by Gasteiger charge is 2.34. The SMILES string of the molecule is CCNC(CC)(CCCn1ccc(C)n1)C(=O)O. The Morgan fingerprint density at radius 1 is 1.56 bits per heavy atom. The molecule has 18 heavy (non-hydrogen) atoms. The number of carbonyl (C=O) groups is 1. The average molecular weight is 253 g/mol. The van der Waals surface area contributed by atoms with Gasteiger partial charge in [0.05, 0.1) is 5.69 Å². The molecule has 0 fully saturated rings. The molecule has 1 unspecified atom stereocenters. The fourth-order valence-electron chi connectivity index (χ4n) is 2.19. The van der Waals surface area contributed by atoms with Crippen LogP contribution in [0.25, 0.3) is 0 Å². The van der Waals surface area contributed by atoms with Crippen molar-refractivity contribution in [1.82, 2.24) is 15.1 Å². The second-order valence-corrected chi connectivity index (χ2v) is 4.59. The molecular formula is C13H23N3O2. The van der Waals surface area contributed by atoms with E-state index < -0.39 is 11.5 Å². The summed E-state index contributed by atoms with van der Waals surface area (Å²) in [6, 6.07) is 1.95. The van der Waals surface area contributed by atoms with E-state index in [4.69, 9.17) is 0 Å². The third kappa shape index (κ3) is 3.57. The Hall–Kier alpha value is -1.36. The zero-order valence-electron chi connectivity index (χ0n) is 11.4. The molecule has 0 aliphatic rings. The predicted molar refractivity (Wildman–Crippen MR) is 70.5 cm³/mol. The van der Waals surface area contributed by atoms with E-state index in [9.17, 15) is 9.90 Å². The Balaban J connectivity index is 2.54. The molecule has 1 aromatic heterocycles. The summed E-state index contributed by atoms with van der Waals surface area (Å²) in [4.78, 5) is 11.4. The van der Waals surface area contributed by atoms with Gasteiger partial charge in [-0.2, -0.15) is 5.10 Å². The largest absolute Gasteiger partial charge is 0.480 e. The standard InChI is InChI=1S/C13H23N3O2/c1-4-13(12(17)18,14-5-2)8-6-9-16-10-7-11(3)15-16/h7,10,14H,4-6,8-9H2,1-3H3,(H,17,18). The van der Waals surface area contributed by atoms with Crippen LogP contribution >= 0.6 is 0 Å². The average Bonchev–Trinajstić information content (AvgIpc) is 2.73. The zero-order valence-corrected chi connectivity index (χ0v) is 11.4. The summed E-state index contributed by atoms with van der Waals surface area (Å²) in [5, 5.41) is 16.8. The number of carboxylic acid groups (broad SMARTS) is 1. The number of aryl methyl sites for hydroxylation is 2. The van der Waals surface area contributed by atoms with Crippen LogP contribution in [-0.2, 0) is 11.3 Å². The van der Waals surface area contributed by atoms with Gasteiger partial charge < -0.3 is 10.4 Å². The van der Waals surface area contributed by atoms with E-state index in [1.165, 1.54) is 0 Å². The van der Waals surface area contributed by atoms with E-state index in [2.05, 4.69) is 10.4 Å². The zero-order chi connectivity index (χ0) is 13.6. The molecule has 0 aliphatic heterocycles. The first-order chi connectivity index (χ1) is 8.54. The molecule has 0 radical (unpaired) electrons. The van der Waals surface area contributed by atoms with E-state index >= 15 is 0 Å². The smallest absolute Gasteiger partial charge is 0.323 e. The lowest BCUT2D eigenvalue weighted by molar-refractivity contribution is -0.145. The molecule has 0 amide bonds. The van der Waals surface area contributed by atoms with Gasteiger partial charge in [0.2, 0.25) is 0 Å². The number of likely N-dealkylation sites (N-methyl/N-ethyl adjacent to an activating group) is 1. The van der Waals surface area contributed by atoms with Gasteiger partial charge in [0.15, 0.2) is 0 Å². The third-order valence-corrected chi connectivity index (χ3v) is 3.29. The minimum atomic E-state index is -0.795. The van der Waals surface area contributed by atoms with Crippen molar-refractivity contribution in [3.63, 3.8) is 0 Å². The fourth-order valence-corrected chi connectivity index (χ4v) is 2.19. The van der Waals surface area contributed by atoms with Crippen LogP contribution in [0.4, 0.5) is 0 Å². The number of nitrogens with one attached hydrogen (secondary N) is 1. The van der Waals surface area contributed by atoms with Crippen LogP contribution in [0.5, 0.6) is 0 Å². The lowest BCUT2D eigenvalue weighted by atomic mass is 9.90.